The molecular formula is C9H13FN2S. The van der Waals surface area contributed by atoms with Gasteiger partial charge >= 0.3 is 0 Å². The third kappa shape index (κ3) is 3.24. The Morgan fingerprint density at radius 2 is 2.15 bits per heavy atom. The van der Waals surface area contributed by atoms with Crippen molar-refractivity contribution in [3.63, 3.8) is 0 Å². The molecule has 0 aliphatic carbocycles. The Morgan fingerprint density at radius 1 is 1.38 bits per heavy atom. The lowest BCUT2D eigenvalue weighted by atomic mass is 10.2. The van der Waals surface area contributed by atoms with Crippen molar-refractivity contribution in [2.24, 2.45) is 0 Å². The molecule has 0 aliphatic rings. The average Bonchev–Trinajstić information content (AvgIpc) is 2.12. The summed E-state index contributed by atoms with van der Waals surface area (Å²) < 4.78 is 15.6. The van der Waals surface area contributed by atoms with E-state index in [1.807, 2.05) is 0 Å². The van der Waals surface area contributed by atoms with Crippen molar-refractivity contribution in [1.29, 1.82) is 0 Å². The van der Waals surface area contributed by atoms with Gasteiger partial charge in [0.2, 0.25) is 0 Å². The third-order valence-electron chi connectivity index (χ3n) is 1.72. The maximum atomic E-state index is 12.8. The van der Waals surface area contributed by atoms with Crippen LogP contribution in [0.1, 0.15) is 5.56 Å². The fourth-order valence-corrected chi connectivity index (χ4v) is 1.13. The highest BCUT2D eigenvalue weighted by Crippen LogP contribution is 2.12. The first-order valence-electron chi connectivity index (χ1n) is 4.11. The van der Waals surface area contributed by atoms with E-state index in [0.29, 0.717) is 5.56 Å². The minimum absolute atomic E-state index is 0.169. The van der Waals surface area contributed by atoms with Crippen molar-refractivity contribution in [1.82, 2.24) is 4.72 Å². The molecular weight excluding hydrogens is 187 g/mol. The normalized spacial score (nSPS) is 10.1. The molecule has 0 fully saturated rings. The summed E-state index contributed by atoms with van der Waals surface area (Å²) in [6.45, 7) is 3.28. The summed E-state index contributed by atoms with van der Waals surface area (Å²) in [6.07, 6.45) is 0. The molecule has 0 spiro atoms. The lowest BCUT2D eigenvalue weighted by Crippen LogP contribution is -2.14. The largest absolute Gasteiger partial charge is 0.384 e. The van der Waals surface area contributed by atoms with Gasteiger partial charge in [0, 0.05) is 18.8 Å². The van der Waals surface area contributed by atoms with Crippen LogP contribution in [0.25, 0.3) is 0 Å². The molecule has 1 aromatic carbocycles. The van der Waals surface area contributed by atoms with Crippen LogP contribution in [-0.4, -0.2) is 13.1 Å². The number of halogens is 1. The monoisotopic (exact) mass is 200 g/mol. The zero-order valence-electron chi connectivity index (χ0n) is 7.47. The second-order valence-electron chi connectivity index (χ2n) is 2.80. The van der Waals surface area contributed by atoms with Crippen LogP contribution in [0.2, 0.25) is 0 Å². The molecule has 2 N–H and O–H groups in total. The van der Waals surface area contributed by atoms with Gasteiger partial charge in [-0.1, -0.05) is 12.8 Å². The third-order valence-corrected chi connectivity index (χ3v) is 1.95. The van der Waals surface area contributed by atoms with Gasteiger partial charge in [0.1, 0.15) is 5.82 Å². The Kier molecular flexibility index (Phi) is 4.05. The maximum absolute atomic E-state index is 12.8. The zero-order valence-corrected chi connectivity index (χ0v) is 8.37. The van der Waals surface area contributed by atoms with E-state index in [1.54, 1.807) is 19.1 Å². The topological polar surface area (TPSA) is 24.1 Å². The van der Waals surface area contributed by atoms with Crippen LogP contribution in [0.5, 0.6) is 0 Å². The first kappa shape index (κ1) is 10.3. The van der Waals surface area contributed by atoms with Crippen LogP contribution in [0.4, 0.5) is 10.1 Å². The van der Waals surface area contributed by atoms with Crippen LogP contribution in [-0.2, 0) is 0 Å². The van der Waals surface area contributed by atoms with E-state index in [2.05, 4.69) is 22.9 Å². The number of rotatable bonds is 4. The standard InChI is InChI=1S/C9H13FN2S/c1-7-6-8(2-3-9(7)10)11-4-5-12-13/h2-3,6,11-13H,4-5H2,1H3. The summed E-state index contributed by atoms with van der Waals surface area (Å²) in [5.41, 5.74) is 1.59. The molecule has 0 amide bonds. The molecule has 0 bridgehead atoms. The number of hydrogen-bond donors (Lipinski definition) is 3. The van der Waals surface area contributed by atoms with E-state index in [4.69, 9.17) is 0 Å². The molecule has 72 valence electrons. The molecule has 4 heteroatoms. The van der Waals surface area contributed by atoms with E-state index in [0.717, 1.165) is 18.8 Å². The second kappa shape index (κ2) is 5.09. The number of aryl methyl sites for hydroxylation is 1. The summed E-state index contributed by atoms with van der Waals surface area (Å²) in [5.74, 6) is -0.169. The summed E-state index contributed by atoms with van der Waals surface area (Å²) in [4.78, 5) is 0. The molecule has 0 aromatic heterocycles. The SMILES string of the molecule is Cc1cc(NCCNS)ccc1F. The summed E-state index contributed by atoms with van der Waals surface area (Å²) in [5, 5.41) is 3.14. The molecule has 0 atom stereocenters. The Bertz CT molecular complexity index is 278. The Balaban J connectivity index is 2.53. The zero-order chi connectivity index (χ0) is 9.68. The van der Waals surface area contributed by atoms with E-state index in [-0.39, 0.29) is 5.82 Å². The number of hydrogen-bond acceptors (Lipinski definition) is 3. The molecule has 0 saturated carbocycles. The lowest BCUT2D eigenvalue weighted by Gasteiger charge is -2.06. The summed E-state index contributed by atoms with van der Waals surface area (Å²) in [6, 6.07) is 4.97. The van der Waals surface area contributed by atoms with Gasteiger partial charge in [-0.2, -0.15) is 0 Å². The molecule has 0 unspecified atom stereocenters. The number of benzene rings is 1. The highest BCUT2D eigenvalue weighted by atomic mass is 32.1. The molecule has 2 nitrogen and oxygen atoms in total. The molecule has 0 aliphatic heterocycles. The summed E-state index contributed by atoms with van der Waals surface area (Å²) >= 11 is 3.85. The van der Waals surface area contributed by atoms with Crippen LogP contribution in [0.15, 0.2) is 18.2 Å². The van der Waals surface area contributed by atoms with Crippen LogP contribution >= 0.6 is 12.8 Å². The van der Waals surface area contributed by atoms with Crippen molar-refractivity contribution in [3.8, 4) is 0 Å². The van der Waals surface area contributed by atoms with E-state index in [1.165, 1.54) is 6.07 Å². The van der Waals surface area contributed by atoms with Crippen molar-refractivity contribution >= 4 is 18.5 Å². The van der Waals surface area contributed by atoms with E-state index >= 15 is 0 Å². The van der Waals surface area contributed by atoms with Gasteiger partial charge in [-0.15, -0.1) is 0 Å². The number of anilines is 1. The van der Waals surface area contributed by atoms with Gasteiger partial charge in [-0.25, -0.2) is 4.39 Å². The van der Waals surface area contributed by atoms with Crippen molar-refractivity contribution < 1.29 is 4.39 Å². The minimum atomic E-state index is -0.169. The quantitative estimate of drug-likeness (QED) is 0.511. The predicted octanol–water partition coefficient (Wildman–Crippen LogP) is 1.98. The minimum Gasteiger partial charge on any atom is -0.384 e. The fourth-order valence-electron chi connectivity index (χ4n) is 1.02. The molecule has 1 rings (SSSR count). The Hall–Kier alpha value is -0.740. The molecule has 1 aromatic rings. The van der Waals surface area contributed by atoms with E-state index < -0.39 is 0 Å². The van der Waals surface area contributed by atoms with Gasteiger partial charge in [0.15, 0.2) is 0 Å². The van der Waals surface area contributed by atoms with Crippen LogP contribution < -0.4 is 10.0 Å². The van der Waals surface area contributed by atoms with Crippen LogP contribution in [0, 0.1) is 12.7 Å². The van der Waals surface area contributed by atoms with Crippen molar-refractivity contribution in [2.45, 2.75) is 6.92 Å². The van der Waals surface area contributed by atoms with Crippen molar-refractivity contribution in [2.75, 3.05) is 18.4 Å². The molecule has 13 heavy (non-hydrogen) atoms. The summed E-state index contributed by atoms with van der Waals surface area (Å²) in [7, 11) is 0. The van der Waals surface area contributed by atoms with Crippen LogP contribution in [0.3, 0.4) is 0 Å². The average molecular weight is 200 g/mol. The van der Waals surface area contributed by atoms with Gasteiger partial charge in [0.05, 0.1) is 0 Å². The van der Waals surface area contributed by atoms with Gasteiger partial charge in [-0.05, 0) is 30.7 Å². The molecule has 0 radical (unpaired) electrons. The Morgan fingerprint density at radius 3 is 2.77 bits per heavy atom. The van der Waals surface area contributed by atoms with Crippen molar-refractivity contribution in [3.05, 3.63) is 29.6 Å². The fraction of sp³-hybridized carbons (Fsp3) is 0.333. The highest BCUT2D eigenvalue weighted by molar-refractivity contribution is 7.78. The maximum Gasteiger partial charge on any atom is 0.126 e. The first-order valence-corrected chi connectivity index (χ1v) is 4.55. The number of nitrogens with one attached hydrogen (secondary N) is 2. The first-order chi connectivity index (χ1) is 6.24. The van der Waals surface area contributed by atoms with Gasteiger partial charge in [0.25, 0.3) is 0 Å². The Labute approximate surface area is 83.1 Å². The smallest absolute Gasteiger partial charge is 0.126 e. The lowest BCUT2D eigenvalue weighted by molar-refractivity contribution is 0.618. The number of thiol groups is 1. The van der Waals surface area contributed by atoms with E-state index in [9.17, 15) is 4.39 Å². The predicted molar refractivity (Wildman–Crippen MR) is 56.6 cm³/mol. The molecule has 0 saturated heterocycles. The molecule has 0 heterocycles. The highest BCUT2D eigenvalue weighted by Gasteiger charge is 1.97. The van der Waals surface area contributed by atoms with Gasteiger partial charge in [-0.3, -0.25) is 4.72 Å². The van der Waals surface area contributed by atoms with Gasteiger partial charge < -0.3 is 5.32 Å². The second-order valence-corrected chi connectivity index (χ2v) is 3.12.